The maximum Gasteiger partial charge on any atom is 0.185 e. The van der Waals surface area contributed by atoms with E-state index in [2.05, 4.69) is 9.80 Å². The highest BCUT2D eigenvalue weighted by Gasteiger charge is 2.27. The lowest BCUT2D eigenvalue weighted by molar-refractivity contribution is 0.181. The Kier molecular flexibility index (Phi) is 4.55. The molecule has 2 heterocycles. The van der Waals surface area contributed by atoms with Gasteiger partial charge in [-0.25, -0.2) is 4.98 Å². The van der Waals surface area contributed by atoms with E-state index in [9.17, 15) is 0 Å². The van der Waals surface area contributed by atoms with Crippen molar-refractivity contribution in [2.75, 3.05) is 44.7 Å². The van der Waals surface area contributed by atoms with Gasteiger partial charge in [-0.3, -0.25) is 4.90 Å². The molecule has 112 valence electrons. The number of aromatic nitrogens is 1. The molecule has 1 aromatic heterocycles. The second kappa shape index (κ2) is 6.39. The number of rotatable bonds is 6. The largest absolute Gasteiger partial charge is 0.378 e. The summed E-state index contributed by atoms with van der Waals surface area (Å²) < 4.78 is 5.20. The highest BCUT2D eigenvalue weighted by Crippen LogP contribution is 2.31. The fourth-order valence-corrected chi connectivity index (χ4v) is 3.69. The van der Waals surface area contributed by atoms with Crippen molar-refractivity contribution in [2.24, 2.45) is 11.7 Å². The molecule has 0 atom stereocenters. The maximum atomic E-state index is 5.80. The molecule has 0 bridgehead atoms. The highest BCUT2D eigenvalue weighted by molar-refractivity contribution is 7.15. The van der Waals surface area contributed by atoms with E-state index in [4.69, 9.17) is 15.5 Å². The van der Waals surface area contributed by atoms with Gasteiger partial charge in [-0.2, -0.15) is 0 Å². The zero-order chi connectivity index (χ0) is 13.9. The molecule has 1 aliphatic heterocycles. The van der Waals surface area contributed by atoms with Crippen LogP contribution in [0.5, 0.6) is 0 Å². The Morgan fingerprint density at radius 3 is 2.65 bits per heavy atom. The minimum absolute atomic E-state index is 0.554. The quantitative estimate of drug-likeness (QED) is 0.857. The fraction of sp³-hybridized carbons (Fsp3) is 0.786. The van der Waals surface area contributed by atoms with Crippen molar-refractivity contribution in [2.45, 2.75) is 26.0 Å². The van der Waals surface area contributed by atoms with E-state index in [1.807, 2.05) is 0 Å². The van der Waals surface area contributed by atoms with Gasteiger partial charge in [0.1, 0.15) is 0 Å². The van der Waals surface area contributed by atoms with Crippen molar-refractivity contribution >= 4 is 16.5 Å². The molecule has 2 fully saturated rings. The first-order valence-corrected chi connectivity index (χ1v) is 8.26. The summed E-state index contributed by atoms with van der Waals surface area (Å²) in [5.74, 6) is 0.985. The van der Waals surface area contributed by atoms with Gasteiger partial charge in [0, 0.05) is 51.3 Å². The zero-order valence-electron chi connectivity index (χ0n) is 12.2. The molecule has 0 aromatic carbocycles. The van der Waals surface area contributed by atoms with Crippen molar-refractivity contribution in [3.63, 3.8) is 0 Å². The predicted molar refractivity (Wildman–Crippen MR) is 82.1 cm³/mol. The minimum atomic E-state index is 0.554. The Morgan fingerprint density at radius 1 is 1.30 bits per heavy atom. The monoisotopic (exact) mass is 296 g/mol. The van der Waals surface area contributed by atoms with E-state index in [1.54, 1.807) is 18.4 Å². The Hall–Kier alpha value is -0.690. The lowest BCUT2D eigenvalue weighted by Crippen LogP contribution is -2.47. The van der Waals surface area contributed by atoms with Crippen LogP contribution in [-0.4, -0.2) is 49.7 Å². The molecular formula is C14H24N4OS. The first-order valence-electron chi connectivity index (χ1n) is 7.45. The van der Waals surface area contributed by atoms with Crippen molar-refractivity contribution in [1.82, 2.24) is 9.88 Å². The molecule has 3 rings (SSSR count). The van der Waals surface area contributed by atoms with Crippen molar-refractivity contribution in [3.05, 3.63) is 10.6 Å². The Bertz CT molecular complexity index is 438. The van der Waals surface area contributed by atoms with Gasteiger partial charge in [-0.1, -0.05) is 0 Å². The molecule has 0 amide bonds. The number of piperazine rings is 1. The van der Waals surface area contributed by atoms with Gasteiger partial charge < -0.3 is 15.4 Å². The van der Waals surface area contributed by atoms with Crippen molar-refractivity contribution in [3.8, 4) is 0 Å². The van der Waals surface area contributed by atoms with E-state index in [-0.39, 0.29) is 0 Å². The number of nitrogens with zero attached hydrogens (tertiary/aromatic N) is 3. The second-order valence-electron chi connectivity index (χ2n) is 5.73. The number of methoxy groups -OCH3 is 1. The second-order valence-corrected chi connectivity index (χ2v) is 6.80. The molecule has 20 heavy (non-hydrogen) atoms. The number of anilines is 1. The molecule has 2 aliphatic rings. The molecule has 0 unspecified atom stereocenters. The summed E-state index contributed by atoms with van der Waals surface area (Å²) in [6, 6.07) is 0. The molecule has 5 nitrogen and oxygen atoms in total. The molecule has 0 spiro atoms. The van der Waals surface area contributed by atoms with Gasteiger partial charge in [0.05, 0.1) is 12.3 Å². The van der Waals surface area contributed by atoms with Crippen LogP contribution in [0.4, 0.5) is 5.13 Å². The summed E-state index contributed by atoms with van der Waals surface area (Å²) in [5.41, 5.74) is 6.81. The summed E-state index contributed by atoms with van der Waals surface area (Å²) in [5, 5.41) is 1.11. The van der Waals surface area contributed by atoms with Gasteiger partial charge in [0.15, 0.2) is 5.13 Å². The molecule has 0 radical (unpaired) electrons. The molecule has 6 heteroatoms. The van der Waals surface area contributed by atoms with Gasteiger partial charge in [0.2, 0.25) is 0 Å². The van der Waals surface area contributed by atoms with Gasteiger partial charge in [0.25, 0.3) is 0 Å². The predicted octanol–water partition coefficient (Wildman–Crippen LogP) is 1.28. The minimum Gasteiger partial charge on any atom is -0.378 e. The van der Waals surface area contributed by atoms with Crippen molar-refractivity contribution in [1.29, 1.82) is 0 Å². The Morgan fingerprint density at radius 2 is 2.05 bits per heavy atom. The van der Waals surface area contributed by atoms with Crippen LogP contribution >= 0.6 is 11.3 Å². The Labute approximate surface area is 124 Å². The van der Waals surface area contributed by atoms with E-state index >= 15 is 0 Å². The first kappa shape index (κ1) is 14.3. The zero-order valence-corrected chi connectivity index (χ0v) is 13.0. The van der Waals surface area contributed by atoms with Crippen LogP contribution in [0.25, 0.3) is 0 Å². The van der Waals surface area contributed by atoms with Gasteiger partial charge in [-0.05, 0) is 18.8 Å². The molecule has 1 saturated heterocycles. The lowest BCUT2D eigenvalue weighted by Gasteiger charge is -2.34. The van der Waals surface area contributed by atoms with Crippen molar-refractivity contribution < 1.29 is 4.74 Å². The van der Waals surface area contributed by atoms with Crippen LogP contribution in [0, 0.1) is 5.92 Å². The molecule has 2 N–H and O–H groups in total. The summed E-state index contributed by atoms with van der Waals surface area (Å²) in [7, 11) is 1.70. The smallest absolute Gasteiger partial charge is 0.185 e. The topological polar surface area (TPSA) is 54.6 Å². The molecular weight excluding hydrogens is 272 g/mol. The number of hydrogen-bond acceptors (Lipinski definition) is 6. The lowest BCUT2D eigenvalue weighted by atomic mass is 10.3. The number of ether oxygens (including phenoxy) is 1. The third-order valence-electron chi connectivity index (χ3n) is 4.09. The van der Waals surface area contributed by atoms with Crippen LogP contribution in [0.2, 0.25) is 0 Å². The number of nitrogens with two attached hydrogens (primary N) is 1. The number of hydrogen-bond donors (Lipinski definition) is 1. The fourth-order valence-electron chi connectivity index (χ4n) is 2.70. The van der Waals surface area contributed by atoms with Gasteiger partial charge >= 0.3 is 0 Å². The van der Waals surface area contributed by atoms with E-state index in [1.165, 1.54) is 19.4 Å². The third-order valence-corrected chi connectivity index (χ3v) is 5.27. The SMILES string of the molecule is COCc1nc(N2CCN(CC3CC3)CC2)sc1CN. The van der Waals surface area contributed by atoms with E-state index in [0.29, 0.717) is 13.2 Å². The highest BCUT2D eigenvalue weighted by atomic mass is 32.1. The summed E-state index contributed by atoms with van der Waals surface area (Å²) in [4.78, 5) is 10.9. The Balaban J connectivity index is 1.59. The van der Waals surface area contributed by atoms with E-state index < -0.39 is 0 Å². The number of thiazole rings is 1. The average Bonchev–Trinajstić information content (AvgIpc) is 3.18. The van der Waals surface area contributed by atoms with Crippen LogP contribution in [0.3, 0.4) is 0 Å². The van der Waals surface area contributed by atoms with Crippen LogP contribution < -0.4 is 10.6 Å². The summed E-state index contributed by atoms with van der Waals surface area (Å²) in [6.07, 6.45) is 2.87. The van der Waals surface area contributed by atoms with Crippen LogP contribution in [0.1, 0.15) is 23.4 Å². The van der Waals surface area contributed by atoms with Gasteiger partial charge in [-0.15, -0.1) is 11.3 Å². The van der Waals surface area contributed by atoms with Crippen LogP contribution in [-0.2, 0) is 17.9 Å². The first-order chi connectivity index (χ1) is 9.80. The molecule has 1 aliphatic carbocycles. The maximum absolute atomic E-state index is 5.80. The normalized spacial score (nSPS) is 20.6. The van der Waals surface area contributed by atoms with E-state index in [0.717, 1.165) is 47.8 Å². The average molecular weight is 296 g/mol. The van der Waals surface area contributed by atoms with Crippen LogP contribution in [0.15, 0.2) is 0 Å². The molecule has 1 aromatic rings. The summed E-state index contributed by atoms with van der Waals surface area (Å²) >= 11 is 1.72. The summed E-state index contributed by atoms with van der Waals surface area (Å²) in [6.45, 7) is 6.89. The third kappa shape index (κ3) is 3.31. The molecule has 1 saturated carbocycles. The standard InChI is InChI=1S/C14H24N4OS/c1-19-10-12-13(8-15)20-14(16-12)18-6-4-17(5-7-18)9-11-2-3-11/h11H,2-10,15H2,1H3.